The molecule has 0 amide bonds. The highest BCUT2D eigenvalue weighted by Gasteiger charge is 2.23. The van der Waals surface area contributed by atoms with Crippen molar-refractivity contribution in [1.82, 2.24) is 10.9 Å². The average Bonchev–Trinajstić information content (AvgIpc) is 2.66. The molecular formula is C10H14ClN3. The van der Waals surface area contributed by atoms with Gasteiger partial charge in [0.15, 0.2) is 0 Å². The molecule has 14 heavy (non-hydrogen) atoms. The summed E-state index contributed by atoms with van der Waals surface area (Å²) in [6.45, 7) is 0.657. The van der Waals surface area contributed by atoms with Crippen LogP contribution in [0.3, 0.4) is 0 Å². The Kier molecular flexibility index (Phi) is 3.03. The van der Waals surface area contributed by atoms with Gasteiger partial charge in [0.05, 0.1) is 0 Å². The van der Waals surface area contributed by atoms with Gasteiger partial charge in [0.2, 0.25) is 0 Å². The lowest BCUT2D eigenvalue weighted by atomic mass is 10.0. The summed E-state index contributed by atoms with van der Waals surface area (Å²) in [6.07, 6.45) is 1.01. The van der Waals surface area contributed by atoms with Gasteiger partial charge < -0.3 is 5.73 Å². The second kappa shape index (κ2) is 4.28. The van der Waals surface area contributed by atoms with Gasteiger partial charge in [0.1, 0.15) is 0 Å². The predicted octanol–water partition coefficient (Wildman–Crippen LogP) is 1.21. The zero-order valence-corrected chi connectivity index (χ0v) is 8.59. The highest BCUT2D eigenvalue weighted by Crippen LogP contribution is 2.23. The molecule has 4 heteroatoms. The maximum Gasteiger partial charge on any atom is 0.0478 e. The van der Waals surface area contributed by atoms with Gasteiger partial charge in [0, 0.05) is 23.7 Å². The molecule has 1 aromatic rings. The third kappa shape index (κ3) is 2.07. The van der Waals surface area contributed by atoms with Crippen LogP contribution in [0.15, 0.2) is 24.3 Å². The zero-order valence-electron chi connectivity index (χ0n) is 7.83. The van der Waals surface area contributed by atoms with Crippen LogP contribution < -0.4 is 16.6 Å². The second-order valence-electron chi connectivity index (χ2n) is 3.56. The van der Waals surface area contributed by atoms with Gasteiger partial charge in [-0.25, -0.2) is 5.43 Å². The van der Waals surface area contributed by atoms with E-state index in [9.17, 15) is 0 Å². The van der Waals surface area contributed by atoms with Gasteiger partial charge in [-0.3, -0.25) is 5.43 Å². The van der Waals surface area contributed by atoms with E-state index in [1.807, 2.05) is 18.2 Å². The van der Waals surface area contributed by atoms with Crippen molar-refractivity contribution in [3.8, 4) is 0 Å². The molecule has 1 aliphatic heterocycles. The highest BCUT2D eigenvalue weighted by molar-refractivity contribution is 6.30. The minimum absolute atomic E-state index is 0.322. The van der Waals surface area contributed by atoms with Crippen LogP contribution >= 0.6 is 11.6 Å². The molecule has 0 spiro atoms. The van der Waals surface area contributed by atoms with Crippen LogP contribution in [0.5, 0.6) is 0 Å². The molecule has 2 atom stereocenters. The lowest BCUT2D eigenvalue weighted by Crippen LogP contribution is -2.35. The molecule has 0 aromatic heterocycles. The minimum atomic E-state index is 0.322. The van der Waals surface area contributed by atoms with E-state index in [1.54, 1.807) is 0 Å². The van der Waals surface area contributed by atoms with Gasteiger partial charge in [-0.1, -0.05) is 23.7 Å². The van der Waals surface area contributed by atoms with Crippen LogP contribution in [0.25, 0.3) is 0 Å². The number of nitrogens with one attached hydrogen (secondary N) is 2. The molecule has 1 saturated heterocycles. The predicted molar refractivity (Wildman–Crippen MR) is 57.9 cm³/mol. The Morgan fingerprint density at radius 1 is 1.43 bits per heavy atom. The Balaban J connectivity index is 2.09. The van der Waals surface area contributed by atoms with E-state index in [1.165, 1.54) is 5.56 Å². The van der Waals surface area contributed by atoms with E-state index in [-0.39, 0.29) is 0 Å². The van der Waals surface area contributed by atoms with E-state index < -0.39 is 0 Å². The Morgan fingerprint density at radius 3 is 2.93 bits per heavy atom. The smallest absolute Gasteiger partial charge is 0.0478 e. The molecule has 2 rings (SSSR count). The molecule has 1 aliphatic rings. The summed E-state index contributed by atoms with van der Waals surface area (Å²) < 4.78 is 0. The standard InChI is InChI=1S/C10H14ClN3/c11-8-3-1-2-7(4-8)10-5-9(6-12)13-14-10/h1-4,9-10,13-14H,5-6,12H2. The molecule has 1 heterocycles. The second-order valence-corrected chi connectivity index (χ2v) is 4.00. The van der Waals surface area contributed by atoms with Crippen molar-refractivity contribution in [1.29, 1.82) is 0 Å². The molecule has 1 aromatic carbocycles. The molecule has 0 bridgehead atoms. The summed E-state index contributed by atoms with van der Waals surface area (Å²) in [5.41, 5.74) is 13.2. The lowest BCUT2D eigenvalue weighted by molar-refractivity contribution is 0.546. The van der Waals surface area contributed by atoms with Gasteiger partial charge in [0.25, 0.3) is 0 Å². The molecule has 0 aliphatic carbocycles. The third-order valence-corrected chi connectivity index (χ3v) is 2.75. The van der Waals surface area contributed by atoms with Crippen LogP contribution in [0, 0.1) is 0 Å². The first-order valence-corrected chi connectivity index (χ1v) is 5.14. The third-order valence-electron chi connectivity index (χ3n) is 2.52. The van der Waals surface area contributed by atoms with Crippen molar-refractivity contribution in [3.05, 3.63) is 34.9 Å². The SMILES string of the molecule is NCC1CC(c2cccc(Cl)c2)NN1. The van der Waals surface area contributed by atoms with Crippen molar-refractivity contribution >= 4 is 11.6 Å². The van der Waals surface area contributed by atoms with Crippen molar-refractivity contribution in [2.45, 2.75) is 18.5 Å². The first kappa shape index (κ1) is 9.93. The largest absolute Gasteiger partial charge is 0.329 e. The maximum absolute atomic E-state index is 5.92. The number of hydrogen-bond donors (Lipinski definition) is 3. The zero-order chi connectivity index (χ0) is 9.97. The molecule has 0 radical (unpaired) electrons. The molecule has 3 nitrogen and oxygen atoms in total. The van der Waals surface area contributed by atoms with Crippen molar-refractivity contribution in [2.75, 3.05) is 6.54 Å². The van der Waals surface area contributed by atoms with E-state index in [0.29, 0.717) is 18.6 Å². The average molecular weight is 212 g/mol. The number of hydrazine groups is 1. The number of nitrogens with two attached hydrogens (primary N) is 1. The van der Waals surface area contributed by atoms with Crippen molar-refractivity contribution in [2.24, 2.45) is 5.73 Å². The summed E-state index contributed by atoms with van der Waals surface area (Å²) in [7, 11) is 0. The molecule has 0 saturated carbocycles. The van der Waals surface area contributed by atoms with Crippen LogP contribution in [-0.2, 0) is 0 Å². The van der Waals surface area contributed by atoms with Crippen LogP contribution in [-0.4, -0.2) is 12.6 Å². The number of hydrogen-bond acceptors (Lipinski definition) is 3. The fraction of sp³-hybridized carbons (Fsp3) is 0.400. The quantitative estimate of drug-likeness (QED) is 0.689. The van der Waals surface area contributed by atoms with E-state index in [2.05, 4.69) is 16.9 Å². The highest BCUT2D eigenvalue weighted by atomic mass is 35.5. The van der Waals surface area contributed by atoms with E-state index in [0.717, 1.165) is 11.4 Å². The van der Waals surface area contributed by atoms with Gasteiger partial charge in [-0.15, -0.1) is 0 Å². The summed E-state index contributed by atoms with van der Waals surface area (Å²) >= 11 is 5.92. The topological polar surface area (TPSA) is 50.1 Å². The lowest BCUT2D eigenvalue weighted by Gasteiger charge is -2.09. The molecule has 76 valence electrons. The summed E-state index contributed by atoms with van der Waals surface area (Å²) in [5.74, 6) is 0. The maximum atomic E-state index is 5.92. The normalized spacial score (nSPS) is 26.7. The fourth-order valence-electron chi connectivity index (χ4n) is 1.72. The monoisotopic (exact) mass is 211 g/mol. The van der Waals surface area contributed by atoms with Crippen molar-refractivity contribution < 1.29 is 0 Å². The van der Waals surface area contributed by atoms with Crippen LogP contribution in [0.4, 0.5) is 0 Å². The fourth-order valence-corrected chi connectivity index (χ4v) is 1.92. The Bertz CT molecular complexity index is 316. The Morgan fingerprint density at radius 2 is 2.29 bits per heavy atom. The molecule has 4 N–H and O–H groups in total. The van der Waals surface area contributed by atoms with Gasteiger partial charge in [-0.2, -0.15) is 0 Å². The Labute approximate surface area is 88.6 Å². The van der Waals surface area contributed by atoms with Crippen LogP contribution in [0.1, 0.15) is 18.0 Å². The van der Waals surface area contributed by atoms with Gasteiger partial charge in [-0.05, 0) is 24.1 Å². The first-order valence-electron chi connectivity index (χ1n) is 4.76. The summed E-state index contributed by atoms with van der Waals surface area (Å²) in [5, 5.41) is 0.778. The molecule has 2 unspecified atom stereocenters. The molecular weight excluding hydrogens is 198 g/mol. The van der Waals surface area contributed by atoms with Gasteiger partial charge >= 0.3 is 0 Å². The first-order chi connectivity index (χ1) is 6.79. The van der Waals surface area contributed by atoms with Crippen LogP contribution in [0.2, 0.25) is 5.02 Å². The van der Waals surface area contributed by atoms with E-state index in [4.69, 9.17) is 17.3 Å². The minimum Gasteiger partial charge on any atom is -0.329 e. The van der Waals surface area contributed by atoms with Crippen molar-refractivity contribution in [3.63, 3.8) is 0 Å². The number of rotatable bonds is 2. The number of halogens is 1. The number of benzene rings is 1. The molecule has 1 fully saturated rings. The summed E-state index contributed by atoms with van der Waals surface area (Å²) in [4.78, 5) is 0. The van der Waals surface area contributed by atoms with E-state index >= 15 is 0 Å². The Hall–Kier alpha value is -0.610. The summed E-state index contributed by atoms with van der Waals surface area (Å²) in [6, 6.07) is 8.59.